The third-order valence-corrected chi connectivity index (χ3v) is 2.40. The van der Waals surface area contributed by atoms with Gasteiger partial charge in [-0.15, -0.1) is 0 Å². The smallest absolute Gasteiger partial charge is 0.170 e. The van der Waals surface area contributed by atoms with E-state index in [4.69, 9.17) is 12.2 Å². The minimum Gasteiger partial charge on any atom is -0.366 e. The lowest BCUT2D eigenvalue weighted by Crippen LogP contribution is -2.24. The largest absolute Gasteiger partial charge is 0.366 e. The van der Waals surface area contributed by atoms with Crippen molar-refractivity contribution in [3.63, 3.8) is 0 Å². The van der Waals surface area contributed by atoms with E-state index in [0.29, 0.717) is 0 Å². The Labute approximate surface area is 93.8 Å². The average Bonchev–Trinajstić information content (AvgIpc) is 2.14. The van der Waals surface area contributed by atoms with Crippen molar-refractivity contribution in [1.29, 1.82) is 0 Å². The molecule has 2 N–H and O–H groups in total. The van der Waals surface area contributed by atoms with Gasteiger partial charge >= 0.3 is 0 Å². The molecule has 0 aromatic heterocycles. The van der Waals surface area contributed by atoms with Crippen LogP contribution in [0.4, 0.5) is 14.5 Å². The number of halogens is 3. The van der Waals surface area contributed by atoms with E-state index in [-0.39, 0.29) is 15.3 Å². The first kappa shape index (κ1) is 11.3. The van der Waals surface area contributed by atoms with Gasteiger partial charge in [-0.2, -0.15) is 0 Å². The van der Waals surface area contributed by atoms with Crippen LogP contribution in [-0.4, -0.2) is 12.2 Å². The predicted octanol–water partition coefficient (Wildman–Crippen LogP) is 2.64. The van der Waals surface area contributed by atoms with E-state index in [2.05, 4.69) is 26.6 Å². The summed E-state index contributed by atoms with van der Waals surface area (Å²) in [5.41, 5.74) is 0.00468. The van der Waals surface area contributed by atoms with Gasteiger partial charge < -0.3 is 10.6 Å². The molecule has 2 nitrogen and oxygen atoms in total. The highest BCUT2D eigenvalue weighted by Gasteiger charge is 2.08. The molecular formula is C8H7BrF2N2S. The molecule has 0 saturated carbocycles. The summed E-state index contributed by atoms with van der Waals surface area (Å²) in [4.78, 5) is 0. The van der Waals surface area contributed by atoms with Gasteiger partial charge in [0.05, 0.1) is 10.2 Å². The van der Waals surface area contributed by atoms with Crippen LogP contribution in [0.25, 0.3) is 0 Å². The lowest BCUT2D eigenvalue weighted by molar-refractivity contribution is 0.598. The first-order valence-corrected chi connectivity index (χ1v) is 4.88. The molecule has 1 aromatic rings. The molecule has 0 atom stereocenters. The van der Waals surface area contributed by atoms with E-state index < -0.39 is 11.6 Å². The predicted molar refractivity (Wildman–Crippen MR) is 59.3 cm³/mol. The highest BCUT2D eigenvalue weighted by atomic mass is 79.9. The zero-order valence-corrected chi connectivity index (χ0v) is 9.60. The maximum Gasteiger partial charge on any atom is 0.170 e. The van der Waals surface area contributed by atoms with Crippen LogP contribution in [0, 0.1) is 11.6 Å². The van der Waals surface area contributed by atoms with Crippen LogP contribution in [0.2, 0.25) is 0 Å². The zero-order chi connectivity index (χ0) is 10.7. The summed E-state index contributed by atoms with van der Waals surface area (Å²) in [6, 6.07) is 2.07. The molecule has 0 aliphatic rings. The molecule has 1 rings (SSSR count). The van der Waals surface area contributed by atoms with Gasteiger partial charge in [0.2, 0.25) is 0 Å². The van der Waals surface area contributed by atoms with Crippen molar-refractivity contribution < 1.29 is 8.78 Å². The third-order valence-electron chi connectivity index (χ3n) is 1.49. The van der Waals surface area contributed by atoms with Crippen molar-refractivity contribution in [3.8, 4) is 0 Å². The average molecular weight is 281 g/mol. The van der Waals surface area contributed by atoms with Gasteiger partial charge in [0.1, 0.15) is 11.6 Å². The van der Waals surface area contributed by atoms with Crippen LogP contribution in [0.15, 0.2) is 16.6 Å². The maximum atomic E-state index is 13.2. The number of hydrogen-bond donors (Lipinski definition) is 2. The van der Waals surface area contributed by atoms with Gasteiger partial charge in [-0.1, -0.05) is 0 Å². The maximum absolute atomic E-state index is 13.2. The second kappa shape index (κ2) is 4.65. The summed E-state index contributed by atoms with van der Waals surface area (Å²) in [6.07, 6.45) is 0. The van der Waals surface area contributed by atoms with Gasteiger partial charge in [-0.05, 0) is 34.2 Å². The number of rotatable bonds is 1. The molecule has 0 unspecified atom stereocenters. The van der Waals surface area contributed by atoms with Crippen LogP contribution in [0.1, 0.15) is 0 Å². The number of anilines is 1. The normalized spacial score (nSPS) is 9.71. The Morgan fingerprint density at radius 1 is 1.36 bits per heavy atom. The van der Waals surface area contributed by atoms with Gasteiger partial charge in [0, 0.05) is 13.1 Å². The second-order valence-electron chi connectivity index (χ2n) is 2.45. The summed E-state index contributed by atoms with van der Waals surface area (Å²) >= 11 is 7.62. The number of hydrogen-bond acceptors (Lipinski definition) is 1. The molecule has 0 heterocycles. The topological polar surface area (TPSA) is 24.1 Å². The minimum atomic E-state index is -0.573. The van der Waals surface area contributed by atoms with E-state index in [1.54, 1.807) is 7.05 Å². The molecule has 14 heavy (non-hydrogen) atoms. The molecular weight excluding hydrogens is 274 g/mol. The quantitative estimate of drug-likeness (QED) is 0.611. The highest BCUT2D eigenvalue weighted by molar-refractivity contribution is 9.10. The van der Waals surface area contributed by atoms with E-state index in [9.17, 15) is 8.78 Å². The Morgan fingerprint density at radius 3 is 2.57 bits per heavy atom. The van der Waals surface area contributed by atoms with E-state index in [1.165, 1.54) is 0 Å². The van der Waals surface area contributed by atoms with Gasteiger partial charge in [-0.3, -0.25) is 0 Å². The zero-order valence-electron chi connectivity index (χ0n) is 7.20. The molecule has 6 heteroatoms. The monoisotopic (exact) mass is 280 g/mol. The van der Waals surface area contributed by atoms with Crippen molar-refractivity contribution in [2.75, 3.05) is 12.4 Å². The molecule has 1 aromatic carbocycles. The van der Waals surface area contributed by atoms with E-state index >= 15 is 0 Å². The first-order valence-electron chi connectivity index (χ1n) is 3.68. The van der Waals surface area contributed by atoms with Crippen molar-refractivity contribution in [3.05, 3.63) is 28.2 Å². The molecule has 0 saturated heterocycles. The summed E-state index contributed by atoms with van der Waals surface area (Å²) in [6.45, 7) is 0. The Balaban J connectivity index is 2.98. The molecule has 0 aliphatic heterocycles. The summed E-state index contributed by atoms with van der Waals surface area (Å²) in [5.74, 6) is -1.12. The second-order valence-corrected chi connectivity index (χ2v) is 3.71. The van der Waals surface area contributed by atoms with Crippen LogP contribution in [0.5, 0.6) is 0 Å². The molecule has 0 fully saturated rings. The number of thiocarbonyl (C=S) groups is 1. The summed E-state index contributed by atoms with van der Waals surface area (Å²) in [7, 11) is 1.59. The Morgan fingerprint density at radius 2 is 2.00 bits per heavy atom. The van der Waals surface area contributed by atoms with Crippen molar-refractivity contribution in [1.82, 2.24) is 5.32 Å². The summed E-state index contributed by atoms with van der Waals surface area (Å²) < 4.78 is 26.3. The molecule has 0 bridgehead atoms. The standard InChI is InChI=1S/C8H7BrF2N2S/c1-12-8(14)13-7-3-5(10)4(9)2-6(7)11/h2-3H,1H3,(H2,12,13,14). The molecule has 0 amide bonds. The fourth-order valence-electron chi connectivity index (χ4n) is 0.803. The molecule has 76 valence electrons. The summed E-state index contributed by atoms with van der Waals surface area (Å²) in [5, 5.41) is 5.33. The Bertz CT molecular complexity index is 371. The molecule has 0 radical (unpaired) electrons. The highest BCUT2D eigenvalue weighted by Crippen LogP contribution is 2.23. The van der Waals surface area contributed by atoms with Gasteiger partial charge in [0.25, 0.3) is 0 Å². The van der Waals surface area contributed by atoms with Crippen LogP contribution >= 0.6 is 28.1 Å². The van der Waals surface area contributed by atoms with Gasteiger partial charge in [0.15, 0.2) is 5.11 Å². The first-order chi connectivity index (χ1) is 6.54. The lowest BCUT2D eigenvalue weighted by Gasteiger charge is -2.08. The van der Waals surface area contributed by atoms with Crippen LogP contribution in [0.3, 0.4) is 0 Å². The fraction of sp³-hybridized carbons (Fsp3) is 0.125. The van der Waals surface area contributed by atoms with Crippen LogP contribution in [-0.2, 0) is 0 Å². The minimum absolute atomic E-state index is 0.00468. The lowest BCUT2D eigenvalue weighted by atomic mass is 10.3. The number of benzene rings is 1. The third kappa shape index (κ3) is 2.62. The van der Waals surface area contributed by atoms with Crippen LogP contribution < -0.4 is 10.6 Å². The number of nitrogens with one attached hydrogen (secondary N) is 2. The molecule has 0 spiro atoms. The van der Waals surface area contributed by atoms with Gasteiger partial charge in [-0.25, -0.2) is 8.78 Å². The van der Waals surface area contributed by atoms with E-state index in [0.717, 1.165) is 12.1 Å². The van der Waals surface area contributed by atoms with Crippen molar-refractivity contribution in [2.24, 2.45) is 0 Å². The van der Waals surface area contributed by atoms with Crippen molar-refractivity contribution in [2.45, 2.75) is 0 Å². The molecule has 0 aliphatic carbocycles. The Hall–Kier alpha value is -0.750. The van der Waals surface area contributed by atoms with E-state index in [1.807, 2.05) is 0 Å². The van der Waals surface area contributed by atoms with Crippen molar-refractivity contribution >= 4 is 38.9 Å². The fourth-order valence-corrected chi connectivity index (χ4v) is 1.23. The Kier molecular flexibility index (Phi) is 3.77. The SMILES string of the molecule is CNC(=S)Nc1cc(F)c(Br)cc1F.